The molecule has 0 aromatic heterocycles. The number of hydrogen-bond donors (Lipinski definition) is 3. The Labute approximate surface area is 155 Å². The maximum Gasteiger partial charge on any atom is 0.240 e. The number of benzene rings is 1. The van der Waals surface area contributed by atoms with Crippen LogP contribution in [0.25, 0.3) is 0 Å². The molecular formula is C18H28N2O5S. The maximum absolute atomic E-state index is 12.2. The predicted octanol–water partition coefficient (Wildman–Crippen LogP) is 0.956. The van der Waals surface area contributed by atoms with Crippen LogP contribution in [-0.4, -0.2) is 51.8 Å². The van der Waals surface area contributed by atoms with Crippen LogP contribution in [0.2, 0.25) is 0 Å². The highest BCUT2D eigenvalue weighted by Crippen LogP contribution is 2.26. The van der Waals surface area contributed by atoms with Gasteiger partial charge < -0.3 is 15.2 Å². The van der Waals surface area contributed by atoms with Gasteiger partial charge in [0.05, 0.1) is 17.1 Å². The normalized spacial score (nSPS) is 23.6. The molecule has 0 aliphatic heterocycles. The summed E-state index contributed by atoms with van der Waals surface area (Å²) in [4.78, 5) is 12.4. The number of hydrogen-bond acceptors (Lipinski definition) is 5. The van der Waals surface area contributed by atoms with E-state index in [1.807, 2.05) is 6.92 Å². The summed E-state index contributed by atoms with van der Waals surface area (Å²) in [5.74, 6) is -0.243. The summed E-state index contributed by atoms with van der Waals surface area (Å²) in [5, 5.41) is 12.6. The highest BCUT2D eigenvalue weighted by molar-refractivity contribution is 7.89. The molecule has 0 spiro atoms. The molecule has 3 unspecified atom stereocenters. The van der Waals surface area contributed by atoms with E-state index in [2.05, 4.69) is 10.0 Å². The van der Waals surface area contributed by atoms with E-state index in [9.17, 15) is 18.3 Å². The first kappa shape index (κ1) is 20.8. The first-order valence-corrected chi connectivity index (χ1v) is 10.4. The number of rotatable bonds is 8. The lowest BCUT2D eigenvalue weighted by molar-refractivity contribution is -0.130. The van der Waals surface area contributed by atoms with Gasteiger partial charge in [0.15, 0.2) is 0 Å². The lowest BCUT2D eigenvalue weighted by atomic mass is 9.84. The van der Waals surface area contributed by atoms with E-state index in [1.165, 1.54) is 7.11 Å². The average molecular weight is 384 g/mol. The summed E-state index contributed by atoms with van der Waals surface area (Å²) >= 11 is 0. The molecule has 1 aliphatic carbocycles. The maximum atomic E-state index is 12.2. The van der Waals surface area contributed by atoms with Gasteiger partial charge in [-0.15, -0.1) is 0 Å². The van der Waals surface area contributed by atoms with E-state index < -0.39 is 16.1 Å². The number of aliphatic hydroxyl groups is 1. The zero-order valence-electron chi connectivity index (χ0n) is 15.3. The Balaban J connectivity index is 1.70. The number of carbonyl (C=O) groups excluding carboxylic acids is 1. The van der Waals surface area contributed by atoms with Crippen LogP contribution in [0.4, 0.5) is 0 Å². The largest absolute Gasteiger partial charge is 0.390 e. The molecule has 3 N–H and O–H groups in total. The number of ether oxygens (including phenoxy) is 1. The molecule has 1 fully saturated rings. The fourth-order valence-electron chi connectivity index (χ4n) is 3.06. The topological polar surface area (TPSA) is 105 Å². The van der Waals surface area contributed by atoms with Gasteiger partial charge in [-0.25, -0.2) is 13.1 Å². The van der Waals surface area contributed by atoms with Crippen molar-refractivity contribution < 1.29 is 23.1 Å². The third kappa shape index (κ3) is 5.77. The molecule has 146 valence electrons. The minimum absolute atomic E-state index is 0.0691. The predicted molar refractivity (Wildman–Crippen MR) is 98.1 cm³/mol. The molecule has 0 heterocycles. The average Bonchev–Trinajstić information content (AvgIpc) is 2.62. The van der Waals surface area contributed by atoms with Crippen LogP contribution in [0.3, 0.4) is 0 Å². The summed E-state index contributed by atoms with van der Waals surface area (Å²) < 4.78 is 32.0. The van der Waals surface area contributed by atoms with Crippen molar-refractivity contribution in [1.82, 2.24) is 10.0 Å². The molecule has 1 aliphatic rings. The Morgan fingerprint density at radius 3 is 2.58 bits per heavy atom. The summed E-state index contributed by atoms with van der Waals surface area (Å²) in [6.07, 6.45) is 1.37. The van der Waals surface area contributed by atoms with Gasteiger partial charge in [0.25, 0.3) is 0 Å². The molecule has 0 saturated heterocycles. The number of sulfonamides is 1. The van der Waals surface area contributed by atoms with Crippen molar-refractivity contribution in [3.8, 4) is 0 Å². The summed E-state index contributed by atoms with van der Waals surface area (Å²) in [7, 11) is -1.99. The van der Waals surface area contributed by atoms with Crippen LogP contribution in [0.1, 0.15) is 31.2 Å². The molecular weight excluding hydrogens is 356 g/mol. The minimum atomic E-state index is -3.52. The Kier molecular flexibility index (Phi) is 7.57. The SMILES string of the molecule is COC1CC(C(=O)NCCCNS(=O)(=O)c2ccc(C)cc2)CCC1O. The van der Waals surface area contributed by atoms with Crippen molar-refractivity contribution in [1.29, 1.82) is 0 Å². The lowest BCUT2D eigenvalue weighted by Crippen LogP contribution is -2.42. The zero-order chi connectivity index (χ0) is 19.2. The Morgan fingerprint density at radius 2 is 1.92 bits per heavy atom. The smallest absolute Gasteiger partial charge is 0.240 e. The van der Waals surface area contributed by atoms with Crippen molar-refractivity contribution in [2.45, 2.75) is 49.7 Å². The molecule has 1 aromatic carbocycles. The summed E-state index contributed by atoms with van der Waals surface area (Å²) in [6.45, 7) is 2.54. The lowest BCUT2D eigenvalue weighted by Gasteiger charge is -2.31. The molecule has 0 bridgehead atoms. The number of methoxy groups -OCH3 is 1. The van der Waals surface area contributed by atoms with Gasteiger partial charge in [-0.05, 0) is 44.7 Å². The van der Waals surface area contributed by atoms with Crippen LogP contribution in [0.15, 0.2) is 29.2 Å². The van der Waals surface area contributed by atoms with E-state index in [0.717, 1.165) is 5.56 Å². The molecule has 1 aromatic rings. The van der Waals surface area contributed by atoms with Crippen molar-refractivity contribution in [3.63, 3.8) is 0 Å². The van der Waals surface area contributed by atoms with E-state index in [-0.39, 0.29) is 29.4 Å². The van der Waals surface area contributed by atoms with Crippen molar-refractivity contribution in [2.24, 2.45) is 5.92 Å². The first-order valence-electron chi connectivity index (χ1n) is 8.88. The zero-order valence-corrected chi connectivity index (χ0v) is 16.1. The van der Waals surface area contributed by atoms with Crippen molar-refractivity contribution in [3.05, 3.63) is 29.8 Å². The fraction of sp³-hybridized carbons (Fsp3) is 0.611. The molecule has 3 atom stereocenters. The van der Waals surface area contributed by atoms with E-state index in [0.29, 0.717) is 32.2 Å². The number of aliphatic hydroxyl groups excluding tert-OH is 1. The second kappa shape index (κ2) is 9.45. The van der Waals surface area contributed by atoms with Crippen LogP contribution in [0, 0.1) is 12.8 Å². The number of nitrogens with one attached hydrogen (secondary N) is 2. The molecule has 2 rings (SSSR count). The first-order chi connectivity index (χ1) is 12.3. The van der Waals surface area contributed by atoms with E-state index >= 15 is 0 Å². The number of aryl methyl sites for hydroxylation is 1. The Bertz CT molecular complexity index is 690. The van der Waals surface area contributed by atoms with E-state index in [1.54, 1.807) is 24.3 Å². The second-order valence-corrected chi connectivity index (χ2v) is 8.47. The van der Waals surface area contributed by atoms with Crippen LogP contribution < -0.4 is 10.0 Å². The molecule has 0 radical (unpaired) electrons. The molecule has 1 saturated carbocycles. The molecule has 26 heavy (non-hydrogen) atoms. The number of amides is 1. The van der Waals surface area contributed by atoms with Gasteiger partial charge in [0, 0.05) is 26.1 Å². The minimum Gasteiger partial charge on any atom is -0.390 e. The number of carbonyl (C=O) groups is 1. The monoisotopic (exact) mass is 384 g/mol. The fourth-order valence-corrected chi connectivity index (χ4v) is 4.13. The van der Waals surface area contributed by atoms with Gasteiger partial charge >= 0.3 is 0 Å². The van der Waals surface area contributed by atoms with Gasteiger partial charge in [-0.2, -0.15) is 0 Å². The molecule has 1 amide bonds. The highest BCUT2D eigenvalue weighted by atomic mass is 32.2. The quantitative estimate of drug-likeness (QED) is 0.579. The van der Waals surface area contributed by atoms with Gasteiger partial charge in [0.2, 0.25) is 15.9 Å². The van der Waals surface area contributed by atoms with Crippen molar-refractivity contribution >= 4 is 15.9 Å². The van der Waals surface area contributed by atoms with Crippen LogP contribution >= 0.6 is 0 Å². The van der Waals surface area contributed by atoms with Crippen molar-refractivity contribution in [2.75, 3.05) is 20.2 Å². The third-order valence-electron chi connectivity index (χ3n) is 4.71. The highest BCUT2D eigenvalue weighted by Gasteiger charge is 2.32. The Morgan fingerprint density at radius 1 is 1.23 bits per heavy atom. The van der Waals surface area contributed by atoms with Gasteiger partial charge in [-0.3, -0.25) is 4.79 Å². The van der Waals surface area contributed by atoms with E-state index in [4.69, 9.17) is 4.74 Å². The van der Waals surface area contributed by atoms with Crippen LogP contribution in [0.5, 0.6) is 0 Å². The van der Waals surface area contributed by atoms with Crippen LogP contribution in [-0.2, 0) is 19.6 Å². The second-order valence-electron chi connectivity index (χ2n) is 6.71. The summed E-state index contributed by atoms with van der Waals surface area (Å²) in [5.41, 5.74) is 0.998. The summed E-state index contributed by atoms with van der Waals surface area (Å²) in [6, 6.07) is 6.65. The molecule has 8 heteroatoms. The van der Waals surface area contributed by atoms with Gasteiger partial charge in [-0.1, -0.05) is 17.7 Å². The Hall–Kier alpha value is -1.48. The van der Waals surface area contributed by atoms with Gasteiger partial charge in [0.1, 0.15) is 0 Å². The standard InChI is InChI=1S/C18H28N2O5S/c1-13-4-7-15(8-5-13)26(23,24)20-11-3-10-19-18(22)14-6-9-16(21)17(12-14)25-2/h4-5,7-8,14,16-17,20-21H,3,6,9-12H2,1-2H3,(H,19,22). The third-order valence-corrected chi connectivity index (χ3v) is 6.18. The molecule has 7 nitrogen and oxygen atoms in total.